The van der Waals surface area contributed by atoms with E-state index in [0.717, 1.165) is 0 Å². The molecule has 122 valence electrons. The number of aromatic nitrogens is 2. The van der Waals surface area contributed by atoms with Gasteiger partial charge < -0.3 is 4.74 Å². The van der Waals surface area contributed by atoms with Crippen molar-refractivity contribution in [1.29, 1.82) is 0 Å². The van der Waals surface area contributed by atoms with E-state index >= 15 is 0 Å². The van der Waals surface area contributed by atoms with E-state index < -0.39 is 12.0 Å². The number of ether oxygens (including phenoxy) is 1. The molecule has 0 saturated carbocycles. The van der Waals surface area contributed by atoms with Crippen molar-refractivity contribution < 1.29 is 22.7 Å². The summed E-state index contributed by atoms with van der Waals surface area (Å²) >= 11 is 5.73. The van der Waals surface area contributed by atoms with E-state index in [-0.39, 0.29) is 30.2 Å². The number of ketones is 1. The van der Waals surface area contributed by atoms with Gasteiger partial charge in [0.1, 0.15) is 0 Å². The molecule has 0 spiro atoms. The molecule has 0 aliphatic heterocycles. The molecule has 0 N–H and O–H groups in total. The Morgan fingerprint density at radius 3 is 2.43 bits per heavy atom. The fourth-order valence-electron chi connectivity index (χ4n) is 1.85. The predicted octanol–water partition coefficient (Wildman–Crippen LogP) is 3.97. The van der Waals surface area contributed by atoms with Crippen LogP contribution in [0.15, 0.2) is 30.3 Å². The van der Waals surface area contributed by atoms with Crippen LogP contribution in [0.5, 0.6) is 5.88 Å². The van der Waals surface area contributed by atoms with Crippen molar-refractivity contribution in [3.8, 4) is 5.88 Å². The van der Waals surface area contributed by atoms with Gasteiger partial charge in [-0.25, -0.2) is 4.98 Å². The largest absolute Gasteiger partial charge is 0.481 e. The first-order valence-corrected chi connectivity index (χ1v) is 6.95. The van der Waals surface area contributed by atoms with Gasteiger partial charge in [-0.2, -0.15) is 18.2 Å². The number of Topliss-reactive ketones (excluding diaryl/α,β-unsaturated/α-hetero) is 1. The summed E-state index contributed by atoms with van der Waals surface area (Å²) in [5, 5.41) is 0.497. The third kappa shape index (κ3) is 4.66. The van der Waals surface area contributed by atoms with E-state index in [9.17, 15) is 18.0 Å². The smallest absolute Gasteiger partial charge is 0.451 e. The van der Waals surface area contributed by atoms with Gasteiger partial charge in [0, 0.05) is 28.8 Å². The molecule has 0 radical (unpaired) electrons. The lowest BCUT2D eigenvalue weighted by Gasteiger charge is -2.09. The van der Waals surface area contributed by atoms with Gasteiger partial charge in [0.2, 0.25) is 11.7 Å². The van der Waals surface area contributed by atoms with E-state index in [1.807, 2.05) is 0 Å². The molecule has 0 fully saturated rings. The molecule has 2 aromatic rings. The number of hydrogen-bond acceptors (Lipinski definition) is 4. The first kappa shape index (κ1) is 17.2. The van der Waals surface area contributed by atoms with E-state index in [1.54, 1.807) is 24.3 Å². The number of nitrogens with zero attached hydrogens (tertiary/aromatic N) is 2. The lowest BCUT2D eigenvalue weighted by molar-refractivity contribution is -0.145. The monoisotopic (exact) mass is 344 g/mol. The molecule has 0 aliphatic carbocycles. The highest BCUT2D eigenvalue weighted by Crippen LogP contribution is 2.28. The first-order valence-electron chi connectivity index (χ1n) is 6.57. The maximum absolute atomic E-state index is 12.7. The Labute approximate surface area is 135 Å². The summed E-state index contributed by atoms with van der Waals surface area (Å²) in [6.45, 7) is 0. The molecule has 0 amide bonds. The van der Waals surface area contributed by atoms with Crippen LogP contribution >= 0.6 is 11.6 Å². The Morgan fingerprint density at radius 2 is 1.87 bits per heavy atom. The summed E-state index contributed by atoms with van der Waals surface area (Å²) in [7, 11) is 1.21. The second-order valence-electron chi connectivity index (χ2n) is 4.65. The SMILES string of the molecule is COc1cc(CCC(=O)c2ccc(Cl)cc2)nc(C(F)(F)F)n1. The van der Waals surface area contributed by atoms with Crippen molar-refractivity contribution in [2.24, 2.45) is 0 Å². The summed E-state index contributed by atoms with van der Waals surface area (Å²) in [5.74, 6) is -1.69. The zero-order chi connectivity index (χ0) is 17.0. The molecular weight excluding hydrogens is 333 g/mol. The highest BCUT2D eigenvalue weighted by Gasteiger charge is 2.35. The van der Waals surface area contributed by atoms with Crippen LogP contribution in [0.25, 0.3) is 0 Å². The Kier molecular flexibility index (Phi) is 5.20. The molecule has 0 bridgehead atoms. The van der Waals surface area contributed by atoms with Gasteiger partial charge in [-0.05, 0) is 30.7 Å². The van der Waals surface area contributed by atoms with Gasteiger partial charge in [-0.1, -0.05) is 11.6 Å². The maximum Gasteiger partial charge on any atom is 0.451 e. The van der Waals surface area contributed by atoms with Crippen molar-refractivity contribution in [2.75, 3.05) is 7.11 Å². The first-order chi connectivity index (χ1) is 10.8. The molecule has 0 aliphatic rings. The third-order valence-electron chi connectivity index (χ3n) is 2.99. The topological polar surface area (TPSA) is 52.1 Å². The van der Waals surface area contributed by atoms with Crippen LogP contribution in [0.4, 0.5) is 13.2 Å². The number of rotatable bonds is 5. The standard InChI is InChI=1S/C15H12ClF3N2O2/c1-23-13-8-11(20-14(21-13)15(17,18)19)6-7-12(22)9-2-4-10(16)5-3-9/h2-5,8H,6-7H2,1H3. The minimum Gasteiger partial charge on any atom is -0.481 e. The normalized spacial score (nSPS) is 11.3. The van der Waals surface area contributed by atoms with Gasteiger partial charge in [-0.3, -0.25) is 4.79 Å². The summed E-state index contributed by atoms with van der Waals surface area (Å²) in [5.41, 5.74) is 0.526. The zero-order valence-corrected chi connectivity index (χ0v) is 12.8. The lowest BCUT2D eigenvalue weighted by Crippen LogP contribution is -2.14. The number of halogens is 4. The van der Waals surface area contributed by atoms with Crippen molar-refractivity contribution in [3.63, 3.8) is 0 Å². The molecule has 0 saturated heterocycles. The van der Waals surface area contributed by atoms with Crippen LogP contribution < -0.4 is 4.74 Å². The molecule has 2 rings (SSSR count). The molecule has 0 unspecified atom stereocenters. The minimum absolute atomic E-state index is 0.0130. The molecule has 4 nitrogen and oxygen atoms in total. The van der Waals surface area contributed by atoms with Crippen molar-refractivity contribution in [1.82, 2.24) is 9.97 Å². The average molecular weight is 345 g/mol. The molecule has 1 heterocycles. The van der Waals surface area contributed by atoms with E-state index in [2.05, 4.69) is 9.97 Å². The zero-order valence-electron chi connectivity index (χ0n) is 12.0. The van der Waals surface area contributed by atoms with Gasteiger partial charge in [0.05, 0.1) is 7.11 Å². The Morgan fingerprint density at radius 1 is 1.22 bits per heavy atom. The number of aryl methyl sites for hydroxylation is 1. The summed E-state index contributed by atoms with van der Waals surface area (Å²) < 4.78 is 42.9. The van der Waals surface area contributed by atoms with E-state index in [4.69, 9.17) is 16.3 Å². The third-order valence-corrected chi connectivity index (χ3v) is 3.24. The highest BCUT2D eigenvalue weighted by molar-refractivity contribution is 6.30. The maximum atomic E-state index is 12.7. The summed E-state index contributed by atoms with van der Waals surface area (Å²) in [6, 6.07) is 7.55. The Hall–Kier alpha value is -2.15. The molecular formula is C15H12ClF3N2O2. The quantitative estimate of drug-likeness (QED) is 0.770. The Bertz CT molecular complexity index is 703. The van der Waals surface area contributed by atoms with Crippen molar-refractivity contribution >= 4 is 17.4 Å². The highest BCUT2D eigenvalue weighted by atomic mass is 35.5. The van der Waals surface area contributed by atoms with Gasteiger partial charge in [0.25, 0.3) is 0 Å². The molecule has 1 aromatic carbocycles. The van der Waals surface area contributed by atoms with Gasteiger partial charge in [-0.15, -0.1) is 0 Å². The predicted molar refractivity (Wildman–Crippen MR) is 77.7 cm³/mol. The van der Waals surface area contributed by atoms with E-state index in [1.165, 1.54) is 13.2 Å². The summed E-state index contributed by atoms with van der Waals surface area (Å²) in [4.78, 5) is 18.7. The van der Waals surface area contributed by atoms with Crippen LogP contribution in [0, 0.1) is 0 Å². The van der Waals surface area contributed by atoms with Gasteiger partial charge in [0.15, 0.2) is 5.78 Å². The number of hydrogen-bond donors (Lipinski definition) is 0. The van der Waals surface area contributed by atoms with Crippen LogP contribution in [0.3, 0.4) is 0 Å². The van der Waals surface area contributed by atoms with E-state index in [0.29, 0.717) is 10.6 Å². The second-order valence-corrected chi connectivity index (χ2v) is 5.09. The number of alkyl halides is 3. The molecule has 0 atom stereocenters. The number of benzene rings is 1. The minimum atomic E-state index is -4.68. The van der Waals surface area contributed by atoms with Crippen molar-refractivity contribution in [3.05, 3.63) is 52.4 Å². The fourth-order valence-corrected chi connectivity index (χ4v) is 1.98. The molecule has 1 aromatic heterocycles. The van der Waals surface area contributed by atoms with Crippen molar-refractivity contribution in [2.45, 2.75) is 19.0 Å². The number of carbonyl (C=O) groups excluding carboxylic acids is 1. The number of methoxy groups -OCH3 is 1. The summed E-state index contributed by atoms with van der Waals surface area (Å²) in [6.07, 6.45) is -4.62. The van der Waals surface area contributed by atoms with Crippen LogP contribution in [-0.2, 0) is 12.6 Å². The van der Waals surface area contributed by atoms with Crippen LogP contribution in [0.1, 0.15) is 28.3 Å². The van der Waals surface area contributed by atoms with Gasteiger partial charge >= 0.3 is 6.18 Å². The second kappa shape index (κ2) is 6.95. The molecule has 23 heavy (non-hydrogen) atoms. The molecule has 8 heteroatoms. The average Bonchev–Trinajstić information content (AvgIpc) is 2.52. The lowest BCUT2D eigenvalue weighted by atomic mass is 10.1. The Balaban J connectivity index is 2.13. The van der Waals surface area contributed by atoms with Crippen LogP contribution in [-0.4, -0.2) is 22.9 Å². The number of carbonyl (C=O) groups is 1. The van der Waals surface area contributed by atoms with Crippen LogP contribution in [0.2, 0.25) is 5.02 Å². The fraction of sp³-hybridized carbons (Fsp3) is 0.267.